The van der Waals surface area contributed by atoms with Crippen molar-refractivity contribution in [3.8, 4) is 5.88 Å². The predicted molar refractivity (Wildman–Crippen MR) is 132 cm³/mol. The van der Waals surface area contributed by atoms with Gasteiger partial charge in [0.1, 0.15) is 0 Å². The predicted octanol–water partition coefficient (Wildman–Crippen LogP) is 4.32. The molecule has 0 spiro atoms. The van der Waals surface area contributed by atoms with Crippen molar-refractivity contribution in [3.63, 3.8) is 0 Å². The van der Waals surface area contributed by atoms with Crippen LogP contribution >= 0.6 is 22.6 Å². The number of hydrogen-bond donors (Lipinski definition) is 3. The van der Waals surface area contributed by atoms with Gasteiger partial charge in [0, 0.05) is 33.1 Å². The number of aliphatic imine (C=N–C) groups is 1. The largest absolute Gasteiger partial charge is 0.494 e. The van der Waals surface area contributed by atoms with E-state index in [-0.39, 0.29) is 17.5 Å². The van der Waals surface area contributed by atoms with Gasteiger partial charge in [0.25, 0.3) is 5.56 Å². The van der Waals surface area contributed by atoms with Gasteiger partial charge in [0.2, 0.25) is 5.88 Å². The lowest BCUT2D eigenvalue weighted by Gasteiger charge is -2.33. The van der Waals surface area contributed by atoms with Gasteiger partial charge in [-0.05, 0) is 91.7 Å². The third-order valence-corrected chi connectivity index (χ3v) is 6.52. The van der Waals surface area contributed by atoms with Crippen LogP contribution in [0.5, 0.6) is 5.88 Å². The number of nitrogens with zero attached hydrogens (tertiary/aromatic N) is 2. The molecule has 2 heterocycles. The number of halogens is 1. The molecule has 0 unspecified atom stereocenters. The standard InChI is InChI=1S/C24H26IN3O3/c1-24(2,31)21-4-3-11-28(21)14-15-5-8-17(9-6-15)26-13-20-19-12-16(25)7-10-18(19)22(29)27-23(20)30/h5-10,12-13,21,31H,3-4,11,14H2,1-2H3,(H2,27,29,30)/t21-/m1/s1. The summed E-state index contributed by atoms with van der Waals surface area (Å²) >= 11 is 2.18. The molecule has 1 fully saturated rings. The van der Waals surface area contributed by atoms with Crippen LogP contribution in [0.1, 0.15) is 37.8 Å². The van der Waals surface area contributed by atoms with Crippen LogP contribution < -0.4 is 5.56 Å². The molecule has 0 bridgehead atoms. The number of aliphatic hydroxyl groups is 1. The molecule has 0 radical (unpaired) electrons. The summed E-state index contributed by atoms with van der Waals surface area (Å²) in [4.78, 5) is 21.5. The van der Waals surface area contributed by atoms with Gasteiger partial charge in [-0.15, -0.1) is 0 Å². The molecular weight excluding hydrogens is 505 g/mol. The van der Waals surface area contributed by atoms with Gasteiger partial charge < -0.3 is 10.2 Å². The number of aromatic hydroxyl groups is 1. The van der Waals surface area contributed by atoms with E-state index in [0.29, 0.717) is 16.3 Å². The molecule has 3 aromatic rings. The van der Waals surface area contributed by atoms with E-state index in [4.69, 9.17) is 0 Å². The molecule has 1 atom stereocenters. The van der Waals surface area contributed by atoms with Crippen LogP contribution in [0.2, 0.25) is 0 Å². The van der Waals surface area contributed by atoms with Gasteiger partial charge in [0.15, 0.2) is 0 Å². The Morgan fingerprint density at radius 2 is 1.97 bits per heavy atom. The highest BCUT2D eigenvalue weighted by Gasteiger charge is 2.35. The third-order valence-electron chi connectivity index (χ3n) is 5.85. The maximum atomic E-state index is 12.1. The monoisotopic (exact) mass is 531 g/mol. The van der Waals surface area contributed by atoms with Crippen LogP contribution in [0.15, 0.2) is 52.3 Å². The Kier molecular flexibility index (Phi) is 6.18. The third kappa shape index (κ3) is 4.83. The lowest BCUT2D eigenvalue weighted by Crippen LogP contribution is -2.45. The molecule has 0 amide bonds. The lowest BCUT2D eigenvalue weighted by atomic mass is 9.96. The Labute approximate surface area is 194 Å². The van der Waals surface area contributed by atoms with Gasteiger partial charge in [-0.25, -0.2) is 0 Å². The number of likely N-dealkylation sites (tertiary alicyclic amines) is 1. The summed E-state index contributed by atoms with van der Waals surface area (Å²) in [5.74, 6) is -0.188. The second kappa shape index (κ2) is 8.72. The van der Waals surface area contributed by atoms with Crippen molar-refractivity contribution in [2.24, 2.45) is 4.99 Å². The van der Waals surface area contributed by atoms with Gasteiger partial charge in [-0.3, -0.25) is 19.7 Å². The Morgan fingerprint density at radius 3 is 2.68 bits per heavy atom. The zero-order valence-electron chi connectivity index (χ0n) is 17.6. The Bertz CT molecular complexity index is 1180. The van der Waals surface area contributed by atoms with Crippen LogP contribution in [0.25, 0.3) is 10.8 Å². The van der Waals surface area contributed by atoms with E-state index in [2.05, 4.69) is 37.5 Å². The van der Waals surface area contributed by atoms with Crippen molar-refractivity contribution in [2.75, 3.05) is 6.54 Å². The number of hydrogen-bond acceptors (Lipinski definition) is 5. The molecule has 2 aromatic carbocycles. The first-order valence-corrected chi connectivity index (χ1v) is 11.4. The molecular formula is C24H26IN3O3. The summed E-state index contributed by atoms with van der Waals surface area (Å²) in [6, 6.07) is 13.6. The van der Waals surface area contributed by atoms with Gasteiger partial charge >= 0.3 is 0 Å². The number of rotatable bonds is 5. The number of benzene rings is 2. The highest BCUT2D eigenvalue weighted by atomic mass is 127. The minimum atomic E-state index is -0.708. The average Bonchev–Trinajstić information content (AvgIpc) is 3.17. The summed E-state index contributed by atoms with van der Waals surface area (Å²) in [5, 5.41) is 21.9. The van der Waals surface area contributed by atoms with E-state index < -0.39 is 5.60 Å². The fourth-order valence-corrected chi connectivity index (χ4v) is 4.81. The first-order valence-electron chi connectivity index (χ1n) is 10.4. The highest BCUT2D eigenvalue weighted by molar-refractivity contribution is 14.1. The van der Waals surface area contributed by atoms with Crippen LogP contribution in [-0.2, 0) is 6.54 Å². The zero-order valence-corrected chi connectivity index (χ0v) is 19.8. The van der Waals surface area contributed by atoms with Crippen LogP contribution in [-0.4, -0.2) is 44.5 Å². The second-order valence-corrected chi connectivity index (χ2v) is 9.86. The van der Waals surface area contributed by atoms with E-state index in [1.165, 1.54) is 5.56 Å². The van der Waals surface area contributed by atoms with E-state index >= 15 is 0 Å². The Hall–Kier alpha value is -2.23. The summed E-state index contributed by atoms with van der Waals surface area (Å²) in [5.41, 5.74) is 1.38. The van der Waals surface area contributed by atoms with E-state index in [1.807, 2.05) is 50.2 Å². The van der Waals surface area contributed by atoms with Crippen molar-refractivity contribution in [1.82, 2.24) is 9.88 Å². The minimum Gasteiger partial charge on any atom is -0.494 e. The average molecular weight is 531 g/mol. The second-order valence-electron chi connectivity index (χ2n) is 8.61. The highest BCUT2D eigenvalue weighted by Crippen LogP contribution is 2.29. The normalized spacial score (nSPS) is 17.7. The Morgan fingerprint density at radius 1 is 1.23 bits per heavy atom. The fraction of sp³-hybridized carbons (Fsp3) is 0.333. The molecule has 4 rings (SSSR count). The van der Waals surface area contributed by atoms with Crippen molar-refractivity contribution < 1.29 is 10.2 Å². The molecule has 3 N–H and O–H groups in total. The SMILES string of the molecule is CC(C)(O)[C@H]1CCCN1Cc1ccc(N=Cc2c(O)[nH]c(=O)c3ccc(I)cc23)cc1. The molecule has 1 saturated heterocycles. The maximum absolute atomic E-state index is 12.1. The number of aromatic nitrogens is 1. The number of H-pyrrole nitrogens is 1. The molecule has 0 saturated carbocycles. The lowest BCUT2D eigenvalue weighted by molar-refractivity contribution is -0.00501. The first kappa shape index (κ1) is 22.0. The fourth-order valence-electron chi connectivity index (χ4n) is 4.31. The molecule has 1 aliphatic rings. The quantitative estimate of drug-likeness (QED) is 0.338. The van der Waals surface area contributed by atoms with Crippen LogP contribution in [0.3, 0.4) is 0 Å². The summed E-state index contributed by atoms with van der Waals surface area (Å²) in [6.07, 6.45) is 3.71. The topological polar surface area (TPSA) is 88.9 Å². The summed E-state index contributed by atoms with van der Waals surface area (Å²) in [6.45, 7) is 5.55. The zero-order chi connectivity index (χ0) is 22.2. The van der Waals surface area contributed by atoms with Crippen molar-refractivity contribution in [2.45, 2.75) is 44.9 Å². The van der Waals surface area contributed by atoms with E-state index in [1.54, 1.807) is 12.3 Å². The van der Waals surface area contributed by atoms with Crippen molar-refractivity contribution in [3.05, 3.63) is 67.5 Å². The first-order chi connectivity index (χ1) is 14.7. The number of aromatic amines is 1. The van der Waals surface area contributed by atoms with Crippen molar-refractivity contribution in [1.29, 1.82) is 0 Å². The maximum Gasteiger partial charge on any atom is 0.258 e. The van der Waals surface area contributed by atoms with E-state index in [0.717, 1.165) is 35.2 Å². The molecule has 1 aliphatic heterocycles. The molecule has 7 heteroatoms. The molecule has 6 nitrogen and oxygen atoms in total. The molecule has 31 heavy (non-hydrogen) atoms. The number of nitrogens with one attached hydrogen (secondary N) is 1. The smallest absolute Gasteiger partial charge is 0.258 e. The van der Waals surface area contributed by atoms with Gasteiger partial charge in [-0.2, -0.15) is 0 Å². The molecule has 1 aromatic heterocycles. The van der Waals surface area contributed by atoms with E-state index in [9.17, 15) is 15.0 Å². The number of fused-ring (bicyclic) bond motifs is 1. The minimum absolute atomic E-state index is 0.171. The van der Waals surface area contributed by atoms with Gasteiger partial charge in [0.05, 0.1) is 16.9 Å². The molecule has 162 valence electrons. The van der Waals surface area contributed by atoms with Gasteiger partial charge in [-0.1, -0.05) is 12.1 Å². The summed E-state index contributed by atoms with van der Waals surface area (Å²) in [7, 11) is 0. The summed E-state index contributed by atoms with van der Waals surface area (Å²) < 4.78 is 0.973. The van der Waals surface area contributed by atoms with Crippen molar-refractivity contribution >= 4 is 45.3 Å². The van der Waals surface area contributed by atoms with Crippen LogP contribution in [0.4, 0.5) is 5.69 Å². The number of pyridine rings is 1. The van der Waals surface area contributed by atoms with Crippen LogP contribution in [0, 0.1) is 3.57 Å². The molecule has 0 aliphatic carbocycles. The Balaban J connectivity index is 1.55.